The summed E-state index contributed by atoms with van der Waals surface area (Å²) in [6.07, 6.45) is 6.68. The third-order valence-electron chi connectivity index (χ3n) is 4.13. The van der Waals surface area contributed by atoms with Crippen LogP contribution in [0.2, 0.25) is 0 Å². The summed E-state index contributed by atoms with van der Waals surface area (Å²) in [5, 5.41) is 5.59. The highest BCUT2D eigenvalue weighted by atomic mass is 35.5. The Kier molecular flexibility index (Phi) is 10.1. The van der Waals surface area contributed by atoms with Crippen molar-refractivity contribution in [2.75, 3.05) is 32.7 Å². The molecule has 0 radical (unpaired) electrons. The Bertz CT molecular complexity index is 501. The van der Waals surface area contributed by atoms with Crippen LogP contribution in [-0.4, -0.2) is 50.2 Å². The second-order valence-electron chi connectivity index (χ2n) is 5.92. The van der Waals surface area contributed by atoms with Crippen LogP contribution >= 0.6 is 24.8 Å². The summed E-state index contributed by atoms with van der Waals surface area (Å²) in [5.41, 5.74) is 4.72. The molecule has 1 aromatic carbocycles. The molecule has 1 aromatic rings. The third-order valence-corrected chi connectivity index (χ3v) is 4.13. The first-order valence-electron chi connectivity index (χ1n) is 8.37. The maximum Gasteiger partial charge on any atom is 0.122 e. The van der Waals surface area contributed by atoms with Crippen molar-refractivity contribution >= 4 is 31.2 Å². The largest absolute Gasteiger partial charge is 0.489 e. The van der Waals surface area contributed by atoms with E-state index in [1.807, 2.05) is 12.4 Å². The Labute approximate surface area is 157 Å². The van der Waals surface area contributed by atoms with Crippen molar-refractivity contribution in [3.8, 4) is 5.75 Å². The summed E-state index contributed by atoms with van der Waals surface area (Å²) in [5.74, 6) is 1.06. The molecule has 0 saturated carbocycles. The molecule has 7 heteroatoms. The van der Waals surface area contributed by atoms with E-state index < -0.39 is 0 Å². The van der Waals surface area contributed by atoms with Crippen molar-refractivity contribution in [1.82, 2.24) is 15.8 Å². The van der Waals surface area contributed by atoms with Gasteiger partial charge in [-0.1, -0.05) is 18.2 Å². The number of nitrogens with zero attached hydrogens (tertiary/aromatic N) is 2. The SMILES string of the molecule is C1=NCCCN1NCCCNCC1CCc2ccccc2O1.Cl.Cl. The van der Waals surface area contributed by atoms with E-state index in [1.54, 1.807) is 0 Å². The van der Waals surface area contributed by atoms with Gasteiger partial charge in [-0.25, -0.2) is 5.43 Å². The number of halogens is 2. The van der Waals surface area contributed by atoms with Crippen molar-refractivity contribution in [3.05, 3.63) is 29.8 Å². The van der Waals surface area contributed by atoms with Crippen LogP contribution in [-0.2, 0) is 6.42 Å². The Morgan fingerprint density at radius 3 is 2.92 bits per heavy atom. The first-order valence-corrected chi connectivity index (χ1v) is 8.37. The Hall–Kier alpha value is -1.01. The predicted molar refractivity (Wildman–Crippen MR) is 104 cm³/mol. The van der Waals surface area contributed by atoms with E-state index in [0.717, 1.165) is 64.2 Å². The lowest BCUT2D eigenvalue weighted by molar-refractivity contribution is 0.170. The minimum absolute atomic E-state index is 0. The average molecular weight is 375 g/mol. The molecular weight excluding hydrogens is 347 g/mol. The second-order valence-corrected chi connectivity index (χ2v) is 5.92. The average Bonchev–Trinajstić information content (AvgIpc) is 2.59. The van der Waals surface area contributed by atoms with E-state index in [1.165, 1.54) is 5.56 Å². The van der Waals surface area contributed by atoms with Gasteiger partial charge in [-0.3, -0.25) is 10.0 Å². The van der Waals surface area contributed by atoms with Crippen LogP contribution < -0.4 is 15.5 Å². The molecule has 1 atom stereocenters. The molecule has 3 rings (SSSR count). The van der Waals surface area contributed by atoms with Gasteiger partial charge in [0.1, 0.15) is 11.9 Å². The fourth-order valence-electron chi connectivity index (χ4n) is 2.89. The maximum absolute atomic E-state index is 6.03. The van der Waals surface area contributed by atoms with Crippen LogP contribution in [0.3, 0.4) is 0 Å². The zero-order valence-corrected chi connectivity index (χ0v) is 15.6. The van der Waals surface area contributed by atoms with E-state index in [-0.39, 0.29) is 24.8 Å². The Balaban J connectivity index is 0.00000144. The lowest BCUT2D eigenvalue weighted by Crippen LogP contribution is -2.41. The molecule has 0 aromatic heterocycles. The minimum Gasteiger partial charge on any atom is -0.489 e. The predicted octanol–water partition coefficient (Wildman–Crippen LogP) is 2.44. The molecule has 0 fully saturated rings. The molecule has 2 heterocycles. The molecule has 0 saturated heterocycles. The highest BCUT2D eigenvalue weighted by Gasteiger charge is 2.18. The summed E-state index contributed by atoms with van der Waals surface area (Å²) < 4.78 is 6.03. The number of ether oxygens (including phenoxy) is 1. The van der Waals surface area contributed by atoms with Gasteiger partial charge in [0.15, 0.2) is 0 Å². The van der Waals surface area contributed by atoms with Crippen LogP contribution in [0.25, 0.3) is 0 Å². The lowest BCUT2D eigenvalue weighted by atomic mass is 10.0. The number of benzene rings is 1. The van der Waals surface area contributed by atoms with Crippen molar-refractivity contribution in [3.63, 3.8) is 0 Å². The summed E-state index contributed by atoms with van der Waals surface area (Å²) in [6.45, 7) is 4.95. The number of aryl methyl sites for hydroxylation is 1. The van der Waals surface area contributed by atoms with Crippen molar-refractivity contribution in [2.24, 2.45) is 4.99 Å². The summed E-state index contributed by atoms with van der Waals surface area (Å²) in [7, 11) is 0. The van der Waals surface area contributed by atoms with Gasteiger partial charge >= 0.3 is 0 Å². The number of rotatable bonds is 7. The molecule has 0 spiro atoms. The molecule has 2 aliphatic rings. The summed E-state index contributed by atoms with van der Waals surface area (Å²) >= 11 is 0. The molecule has 1 unspecified atom stereocenters. The van der Waals surface area contributed by atoms with E-state index >= 15 is 0 Å². The Morgan fingerprint density at radius 2 is 2.08 bits per heavy atom. The first-order chi connectivity index (χ1) is 10.9. The van der Waals surface area contributed by atoms with E-state index in [9.17, 15) is 0 Å². The van der Waals surface area contributed by atoms with Crippen LogP contribution in [0.15, 0.2) is 29.3 Å². The van der Waals surface area contributed by atoms with Gasteiger partial charge in [0.2, 0.25) is 0 Å². The first kappa shape index (κ1) is 21.0. The molecule has 2 aliphatic heterocycles. The van der Waals surface area contributed by atoms with Crippen LogP contribution in [0, 0.1) is 0 Å². The molecular formula is C17H28Cl2N4O. The number of hydrazine groups is 1. The molecule has 0 amide bonds. The molecule has 5 nitrogen and oxygen atoms in total. The van der Waals surface area contributed by atoms with Gasteiger partial charge in [-0.05, 0) is 43.9 Å². The van der Waals surface area contributed by atoms with E-state index in [0.29, 0.717) is 6.10 Å². The standard InChI is InChI=1S/C17H26N4O.2ClH/c1-2-6-17-15(5-1)7-8-16(22-17)13-18-9-3-11-20-21-12-4-10-19-14-21;;/h1-2,5-6,14,16,18,20H,3-4,7-13H2;2*1H. The van der Waals surface area contributed by atoms with Gasteiger partial charge in [0.05, 0.1) is 6.34 Å². The smallest absolute Gasteiger partial charge is 0.122 e. The lowest BCUT2D eigenvalue weighted by Gasteiger charge is -2.26. The Morgan fingerprint density at radius 1 is 1.21 bits per heavy atom. The monoisotopic (exact) mass is 374 g/mol. The maximum atomic E-state index is 6.03. The number of fused-ring (bicyclic) bond motifs is 1. The third kappa shape index (κ3) is 6.48. The van der Waals surface area contributed by atoms with E-state index in [2.05, 4.69) is 38.9 Å². The number of hydrogen-bond acceptors (Lipinski definition) is 5. The normalized spacial score (nSPS) is 18.8. The highest BCUT2D eigenvalue weighted by Crippen LogP contribution is 2.26. The van der Waals surface area contributed by atoms with Gasteiger partial charge in [0, 0.05) is 26.2 Å². The quantitative estimate of drug-likeness (QED) is 0.719. The second kappa shape index (κ2) is 11.5. The molecule has 0 aliphatic carbocycles. The summed E-state index contributed by atoms with van der Waals surface area (Å²) in [6, 6.07) is 8.37. The van der Waals surface area contributed by atoms with Crippen LogP contribution in [0.4, 0.5) is 0 Å². The topological polar surface area (TPSA) is 48.9 Å². The number of para-hydroxylation sites is 1. The van der Waals surface area contributed by atoms with Gasteiger partial charge in [-0.2, -0.15) is 0 Å². The van der Waals surface area contributed by atoms with Gasteiger partial charge in [0.25, 0.3) is 0 Å². The number of aliphatic imine (C=N–C) groups is 1. The van der Waals surface area contributed by atoms with E-state index in [4.69, 9.17) is 4.74 Å². The zero-order valence-electron chi connectivity index (χ0n) is 13.9. The molecule has 136 valence electrons. The molecule has 0 bridgehead atoms. The fourth-order valence-corrected chi connectivity index (χ4v) is 2.89. The van der Waals surface area contributed by atoms with Gasteiger partial charge < -0.3 is 10.1 Å². The van der Waals surface area contributed by atoms with Crippen molar-refractivity contribution < 1.29 is 4.74 Å². The van der Waals surface area contributed by atoms with Crippen molar-refractivity contribution in [2.45, 2.75) is 31.8 Å². The van der Waals surface area contributed by atoms with Crippen LogP contribution in [0.1, 0.15) is 24.8 Å². The molecule has 24 heavy (non-hydrogen) atoms. The van der Waals surface area contributed by atoms with Gasteiger partial charge in [-0.15, -0.1) is 24.8 Å². The highest BCUT2D eigenvalue weighted by molar-refractivity contribution is 5.85. The minimum atomic E-state index is 0. The zero-order chi connectivity index (χ0) is 15.0. The number of hydrogen-bond donors (Lipinski definition) is 2. The fraction of sp³-hybridized carbons (Fsp3) is 0.588. The van der Waals surface area contributed by atoms with Crippen molar-refractivity contribution in [1.29, 1.82) is 0 Å². The summed E-state index contributed by atoms with van der Waals surface area (Å²) in [4.78, 5) is 4.26. The van der Waals surface area contributed by atoms with Crippen LogP contribution in [0.5, 0.6) is 5.75 Å². The number of nitrogens with one attached hydrogen (secondary N) is 2. The molecule has 2 N–H and O–H groups in total.